The molecule has 0 atom stereocenters. The molecule has 0 aromatic carbocycles. The lowest BCUT2D eigenvalue weighted by atomic mass is 10.2. The molecule has 0 fully saturated rings. The second kappa shape index (κ2) is 13.9. The number of carbonyl (C=O) groups excluding carboxylic acids is 2. The fourth-order valence-electron chi connectivity index (χ4n) is 1.25. The van der Waals surface area contributed by atoms with Crippen LogP contribution >= 0.6 is 0 Å². The highest BCUT2D eigenvalue weighted by Crippen LogP contribution is 2.00. The van der Waals surface area contributed by atoms with Crippen LogP contribution < -0.4 is 10.6 Å². The number of unbranched alkanes of at least 4 members (excludes halogenated alkanes) is 3. The van der Waals surface area contributed by atoms with Crippen LogP contribution in [0.3, 0.4) is 0 Å². The number of nitrogens with one attached hydrogen (secondary N) is 2. The molecule has 0 aliphatic carbocycles. The molecule has 0 aliphatic heterocycles. The highest BCUT2D eigenvalue weighted by Gasteiger charge is 2.01. The molecule has 8 heteroatoms. The highest BCUT2D eigenvalue weighted by molar-refractivity contribution is 5.67. The molecule has 0 heterocycles. The number of amides is 2. The summed E-state index contributed by atoms with van der Waals surface area (Å²) in [6.45, 7) is 1.01. The Morgan fingerprint density at radius 3 is 1.50 bits per heavy atom. The molecule has 8 nitrogen and oxygen atoms in total. The van der Waals surface area contributed by atoms with Crippen LogP contribution in [0.5, 0.6) is 0 Å². The van der Waals surface area contributed by atoms with Gasteiger partial charge in [0.05, 0.1) is 13.2 Å². The first-order chi connectivity index (χ1) is 9.70. The highest BCUT2D eigenvalue weighted by atomic mass is 16.6. The van der Waals surface area contributed by atoms with E-state index < -0.39 is 12.2 Å². The lowest BCUT2D eigenvalue weighted by Crippen LogP contribution is -2.26. The lowest BCUT2D eigenvalue weighted by Gasteiger charge is -2.07. The van der Waals surface area contributed by atoms with E-state index in [1.807, 2.05) is 0 Å². The molecule has 20 heavy (non-hydrogen) atoms. The van der Waals surface area contributed by atoms with E-state index in [1.54, 1.807) is 0 Å². The van der Waals surface area contributed by atoms with Crippen molar-refractivity contribution in [2.75, 3.05) is 40.9 Å². The van der Waals surface area contributed by atoms with Crippen molar-refractivity contribution in [3.05, 3.63) is 0 Å². The Morgan fingerprint density at radius 2 is 1.15 bits per heavy atom. The molecule has 0 spiro atoms. The van der Waals surface area contributed by atoms with Gasteiger partial charge in [0.2, 0.25) is 0 Å². The Morgan fingerprint density at radius 1 is 0.750 bits per heavy atom. The monoisotopic (exact) mass is 292 g/mol. The van der Waals surface area contributed by atoms with Gasteiger partial charge in [-0.3, -0.25) is 10.6 Å². The standard InChI is InChI=1S/C12H24N2O6/c1-17-9-13-11(15)19-7-5-3-4-6-8-20-12(16)14-10-18-2/h3-10H2,1-2H3,(H,13,15)(H,14,16). The van der Waals surface area contributed by atoms with Crippen molar-refractivity contribution in [1.29, 1.82) is 0 Å². The normalized spacial score (nSPS) is 9.90. The number of rotatable bonds is 11. The van der Waals surface area contributed by atoms with Crippen molar-refractivity contribution >= 4 is 12.2 Å². The van der Waals surface area contributed by atoms with Crippen LogP contribution in [0.1, 0.15) is 25.7 Å². The zero-order valence-electron chi connectivity index (χ0n) is 12.1. The second-order valence-electron chi connectivity index (χ2n) is 3.91. The average molecular weight is 292 g/mol. The van der Waals surface area contributed by atoms with Gasteiger partial charge < -0.3 is 18.9 Å². The topological polar surface area (TPSA) is 95.1 Å². The van der Waals surface area contributed by atoms with Gasteiger partial charge in [0, 0.05) is 14.2 Å². The Balaban J connectivity index is 3.20. The van der Waals surface area contributed by atoms with E-state index in [9.17, 15) is 9.59 Å². The Labute approximate surface area is 119 Å². The van der Waals surface area contributed by atoms with Crippen LogP contribution in [0.15, 0.2) is 0 Å². The summed E-state index contributed by atoms with van der Waals surface area (Å²) in [6.07, 6.45) is 2.39. The molecule has 0 rings (SSSR count). The zero-order valence-corrected chi connectivity index (χ0v) is 12.1. The summed E-state index contributed by atoms with van der Waals surface area (Å²) in [5, 5.41) is 4.83. The molecule has 0 bridgehead atoms. The van der Waals surface area contributed by atoms with E-state index in [0.717, 1.165) is 25.7 Å². The Bertz CT molecular complexity index is 236. The maximum absolute atomic E-state index is 11.0. The molecule has 0 saturated heterocycles. The van der Waals surface area contributed by atoms with Gasteiger partial charge in [0.15, 0.2) is 0 Å². The minimum absolute atomic E-state index is 0.140. The molecule has 0 saturated carbocycles. The third-order valence-electron chi connectivity index (χ3n) is 2.23. The number of hydrogen-bond donors (Lipinski definition) is 2. The molecule has 118 valence electrons. The largest absolute Gasteiger partial charge is 0.450 e. The fraction of sp³-hybridized carbons (Fsp3) is 0.833. The molecule has 0 aromatic rings. The molecule has 0 aromatic heterocycles. The van der Waals surface area contributed by atoms with E-state index in [4.69, 9.17) is 9.47 Å². The Hall–Kier alpha value is -1.54. The maximum atomic E-state index is 11.0. The molecule has 2 N–H and O–H groups in total. The number of carbonyl (C=O) groups is 2. The maximum Gasteiger partial charge on any atom is 0.408 e. The zero-order chi connectivity index (χ0) is 15.1. The van der Waals surface area contributed by atoms with Crippen molar-refractivity contribution < 1.29 is 28.5 Å². The molecule has 2 amide bonds. The first-order valence-corrected chi connectivity index (χ1v) is 6.49. The SMILES string of the molecule is COCNC(=O)OCCCCCCOC(=O)NCOC. The lowest BCUT2D eigenvalue weighted by molar-refractivity contribution is 0.114. The number of alkyl carbamates (subject to hydrolysis) is 2. The molecular weight excluding hydrogens is 268 g/mol. The molecule has 0 unspecified atom stereocenters. The first kappa shape index (κ1) is 18.5. The van der Waals surface area contributed by atoms with Gasteiger partial charge in [0.25, 0.3) is 0 Å². The van der Waals surface area contributed by atoms with E-state index in [1.165, 1.54) is 14.2 Å². The summed E-state index contributed by atoms with van der Waals surface area (Å²) in [5.74, 6) is 0. The summed E-state index contributed by atoms with van der Waals surface area (Å²) in [6, 6.07) is 0. The van der Waals surface area contributed by atoms with Crippen LogP contribution in [0.25, 0.3) is 0 Å². The first-order valence-electron chi connectivity index (χ1n) is 6.49. The number of methoxy groups -OCH3 is 2. The van der Waals surface area contributed by atoms with Crippen LogP contribution in [-0.4, -0.2) is 53.1 Å². The van der Waals surface area contributed by atoms with Gasteiger partial charge in [0.1, 0.15) is 13.5 Å². The van der Waals surface area contributed by atoms with Crippen molar-refractivity contribution in [2.24, 2.45) is 0 Å². The summed E-state index contributed by atoms with van der Waals surface area (Å²) in [7, 11) is 2.97. The van der Waals surface area contributed by atoms with E-state index in [2.05, 4.69) is 20.1 Å². The van der Waals surface area contributed by atoms with E-state index in [0.29, 0.717) is 13.2 Å². The van der Waals surface area contributed by atoms with Crippen molar-refractivity contribution in [2.45, 2.75) is 25.7 Å². The fourth-order valence-corrected chi connectivity index (χ4v) is 1.25. The van der Waals surface area contributed by atoms with Crippen LogP contribution in [0, 0.1) is 0 Å². The van der Waals surface area contributed by atoms with Crippen LogP contribution in [0.4, 0.5) is 9.59 Å². The number of ether oxygens (including phenoxy) is 4. The molecular formula is C12H24N2O6. The van der Waals surface area contributed by atoms with Crippen molar-refractivity contribution in [1.82, 2.24) is 10.6 Å². The van der Waals surface area contributed by atoms with E-state index in [-0.39, 0.29) is 13.5 Å². The smallest absolute Gasteiger partial charge is 0.408 e. The van der Waals surface area contributed by atoms with Gasteiger partial charge in [-0.25, -0.2) is 9.59 Å². The second-order valence-corrected chi connectivity index (χ2v) is 3.91. The summed E-state index contributed by atoms with van der Waals surface area (Å²) in [5.41, 5.74) is 0. The minimum atomic E-state index is -0.481. The van der Waals surface area contributed by atoms with Gasteiger partial charge in [-0.2, -0.15) is 0 Å². The summed E-state index contributed by atoms with van der Waals surface area (Å²) >= 11 is 0. The third kappa shape index (κ3) is 12.9. The quantitative estimate of drug-likeness (QED) is 0.439. The predicted octanol–water partition coefficient (Wildman–Crippen LogP) is 1.21. The predicted molar refractivity (Wildman–Crippen MR) is 71.2 cm³/mol. The third-order valence-corrected chi connectivity index (χ3v) is 2.23. The van der Waals surface area contributed by atoms with E-state index >= 15 is 0 Å². The van der Waals surface area contributed by atoms with Crippen LogP contribution in [0.2, 0.25) is 0 Å². The minimum Gasteiger partial charge on any atom is -0.450 e. The van der Waals surface area contributed by atoms with Gasteiger partial charge in [-0.1, -0.05) is 0 Å². The molecule has 0 radical (unpaired) electrons. The Kier molecular flexibility index (Phi) is 12.8. The van der Waals surface area contributed by atoms with Gasteiger partial charge in [-0.05, 0) is 25.7 Å². The summed E-state index contributed by atoms with van der Waals surface area (Å²) in [4.78, 5) is 22.0. The van der Waals surface area contributed by atoms with Crippen LogP contribution in [-0.2, 0) is 18.9 Å². The van der Waals surface area contributed by atoms with Gasteiger partial charge in [-0.15, -0.1) is 0 Å². The molecule has 0 aliphatic rings. The van der Waals surface area contributed by atoms with Crippen molar-refractivity contribution in [3.8, 4) is 0 Å². The van der Waals surface area contributed by atoms with Gasteiger partial charge >= 0.3 is 12.2 Å². The average Bonchev–Trinajstić information content (AvgIpc) is 2.45. The summed E-state index contributed by atoms with van der Waals surface area (Å²) < 4.78 is 19.1. The number of hydrogen-bond acceptors (Lipinski definition) is 6. The van der Waals surface area contributed by atoms with Crippen molar-refractivity contribution in [3.63, 3.8) is 0 Å².